The number of aryl methyl sites for hydroxylation is 1. The number of nitrogens with one attached hydrogen (secondary N) is 1. The molecule has 156 valence electrons. The summed E-state index contributed by atoms with van der Waals surface area (Å²) >= 11 is 0. The first-order chi connectivity index (χ1) is 14.3. The van der Waals surface area contributed by atoms with E-state index in [2.05, 4.69) is 10.3 Å². The highest BCUT2D eigenvalue weighted by Gasteiger charge is 2.18. The van der Waals surface area contributed by atoms with Crippen LogP contribution in [0, 0.1) is 0 Å². The SMILES string of the molecule is CCc1ccccc1CC(=O)Nc1ccc(-c2cncc(OC)c2)c(S(N)(=O)=O)c1. The van der Waals surface area contributed by atoms with E-state index in [0.717, 1.165) is 17.5 Å². The summed E-state index contributed by atoms with van der Waals surface area (Å²) < 4.78 is 29.6. The van der Waals surface area contributed by atoms with Gasteiger partial charge in [0.15, 0.2) is 0 Å². The Hall–Kier alpha value is -3.23. The molecule has 1 amide bonds. The zero-order valence-corrected chi connectivity index (χ0v) is 17.6. The molecule has 7 nitrogen and oxygen atoms in total. The minimum Gasteiger partial charge on any atom is -0.495 e. The normalized spacial score (nSPS) is 11.2. The van der Waals surface area contributed by atoms with Crippen molar-refractivity contribution in [1.82, 2.24) is 4.98 Å². The van der Waals surface area contributed by atoms with E-state index in [1.807, 2.05) is 31.2 Å². The van der Waals surface area contributed by atoms with Gasteiger partial charge in [-0.05, 0) is 35.7 Å². The molecule has 3 aromatic rings. The van der Waals surface area contributed by atoms with Gasteiger partial charge in [0, 0.05) is 23.0 Å². The molecule has 1 aromatic heterocycles. The van der Waals surface area contributed by atoms with Gasteiger partial charge in [0.2, 0.25) is 15.9 Å². The standard InChI is InChI=1S/C22H23N3O4S/c1-3-15-6-4-5-7-16(15)11-22(26)25-18-8-9-20(21(12-18)30(23,27)28)17-10-19(29-2)14-24-13-17/h4-10,12-14H,3,11H2,1-2H3,(H,25,26)(H2,23,27,28). The number of nitrogens with two attached hydrogens (primary N) is 1. The minimum atomic E-state index is -4.05. The molecule has 2 aromatic carbocycles. The van der Waals surface area contributed by atoms with Crippen molar-refractivity contribution >= 4 is 21.6 Å². The van der Waals surface area contributed by atoms with Gasteiger partial charge in [0.05, 0.1) is 24.6 Å². The number of ether oxygens (including phenoxy) is 1. The first-order valence-corrected chi connectivity index (χ1v) is 10.9. The van der Waals surface area contributed by atoms with Gasteiger partial charge < -0.3 is 10.1 Å². The Bertz CT molecular complexity index is 1180. The van der Waals surface area contributed by atoms with E-state index < -0.39 is 10.0 Å². The van der Waals surface area contributed by atoms with Gasteiger partial charge in [-0.25, -0.2) is 13.6 Å². The smallest absolute Gasteiger partial charge is 0.238 e. The van der Waals surface area contributed by atoms with Crippen molar-refractivity contribution in [3.05, 3.63) is 72.1 Å². The van der Waals surface area contributed by atoms with Crippen molar-refractivity contribution in [2.45, 2.75) is 24.7 Å². The maximum atomic E-state index is 12.5. The van der Waals surface area contributed by atoms with E-state index in [0.29, 0.717) is 22.6 Å². The van der Waals surface area contributed by atoms with Crippen LogP contribution in [-0.4, -0.2) is 26.4 Å². The first kappa shape index (κ1) is 21.5. The molecule has 30 heavy (non-hydrogen) atoms. The third-order valence-corrected chi connectivity index (χ3v) is 5.63. The van der Waals surface area contributed by atoms with E-state index >= 15 is 0 Å². The fraction of sp³-hybridized carbons (Fsp3) is 0.182. The predicted octanol–water partition coefficient (Wildman–Crippen LogP) is 3.15. The molecule has 0 radical (unpaired) electrons. The van der Waals surface area contributed by atoms with Crippen LogP contribution in [0.4, 0.5) is 5.69 Å². The highest BCUT2D eigenvalue weighted by molar-refractivity contribution is 7.89. The summed E-state index contributed by atoms with van der Waals surface area (Å²) in [6.45, 7) is 2.03. The zero-order chi connectivity index (χ0) is 21.7. The number of nitrogens with zero attached hydrogens (tertiary/aromatic N) is 1. The minimum absolute atomic E-state index is 0.107. The van der Waals surface area contributed by atoms with Crippen LogP contribution in [0.5, 0.6) is 5.75 Å². The van der Waals surface area contributed by atoms with Crippen LogP contribution < -0.4 is 15.2 Å². The second kappa shape index (κ2) is 9.06. The Morgan fingerprint density at radius 2 is 1.83 bits per heavy atom. The highest BCUT2D eigenvalue weighted by Crippen LogP contribution is 2.30. The van der Waals surface area contributed by atoms with Crippen LogP contribution in [0.1, 0.15) is 18.1 Å². The Morgan fingerprint density at radius 3 is 2.50 bits per heavy atom. The number of carbonyl (C=O) groups excluding carboxylic acids is 1. The average molecular weight is 426 g/mol. The van der Waals surface area contributed by atoms with Crippen LogP contribution in [0.25, 0.3) is 11.1 Å². The number of carbonyl (C=O) groups is 1. The van der Waals surface area contributed by atoms with E-state index in [1.54, 1.807) is 18.2 Å². The molecule has 0 aliphatic rings. The number of aromatic nitrogens is 1. The second-order valence-electron chi connectivity index (χ2n) is 6.72. The molecule has 0 bridgehead atoms. The lowest BCUT2D eigenvalue weighted by Gasteiger charge is -2.13. The van der Waals surface area contributed by atoms with Crippen LogP contribution in [0.2, 0.25) is 0 Å². The number of anilines is 1. The highest BCUT2D eigenvalue weighted by atomic mass is 32.2. The molecule has 0 fully saturated rings. The van der Waals surface area contributed by atoms with E-state index in [9.17, 15) is 13.2 Å². The number of hydrogen-bond acceptors (Lipinski definition) is 5. The quantitative estimate of drug-likeness (QED) is 0.604. The lowest BCUT2D eigenvalue weighted by atomic mass is 10.0. The Kier molecular flexibility index (Phi) is 6.49. The van der Waals surface area contributed by atoms with Crippen LogP contribution in [0.15, 0.2) is 65.8 Å². The number of benzene rings is 2. The number of rotatable bonds is 7. The molecule has 0 aliphatic heterocycles. The fourth-order valence-corrected chi connectivity index (χ4v) is 3.99. The molecular weight excluding hydrogens is 402 g/mol. The number of amides is 1. The van der Waals surface area contributed by atoms with Gasteiger partial charge in [-0.1, -0.05) is 37.3 Å². The Balaban J connectivity index is 1.91. The van der Waals surface area contributed by atoms with Gasteiger partial charge in [0.1, 0.15) is 5.75 Å². The Labute approximate surface area is 176 Å². The van der Waals surface area contributed by atoms with Crippen LogP contribution >= 0.6 is 0 Å². The van der Waals surface area contributed by atoms with Gasteiger partial charge in [0.25, 0.3) is 0 Å². The number of methoxy groups -OCH3 is 1. The number of primary sulfonamides is 1. The molecular formula is C22H23N3O4S. The molecule has 0 aliphatic carbocycles. The number of sulfonamides is 1. The molecule has 0 saturated heterocycles. The first-order valence-electron chi connectivity index (χ1n) is 9.34. The van der Waals surface area contributed by atoms with Gasteiger partial charge >= 0.3 is 0 Å². The van der Waals surface area contributed by atoms with Crippen LogP contribution in [0.3, 0.4) is 0 Å². The second-order valence-corrected chi connectivity index (χ2v) is 8.25. The summed E-state index contributed by atoms with van der Waals surface area (Å²) in [6.07, 6.45) is 4.05. The van der Waals surface area contributed by atoms with Crippen molar-refractivity contribution in [3.8, 4) is 16.9 Å². The Morgan fingerprint density at radius 1 is 1.10 bits per heavy atom. The average Bonchev–Trinajstić information content (AvgIpc) is 2.73. The number of pyridine rings is 1. The molecule has 0 saturated carbocycles. The largest absolute Gasteiger partial charge is 0.495 e. The third-order valence-electron chi connectivity index (χ3n) is 4.68. The van der Waals surface area contributed by atoms with E-state index in [1.165, 1.54) is 25.6 Å². The fourth-order valence-electron chi connectivity index (χ4n) is 3.20. The molecule has 3 rings (SSSR count). The number of hydrogen-bond donors (Lipinski definition) is 2. The van der Waals surface area contributed by atoms with Crippen molar-refractivity contribution in [2.75, 3.05) is 12.4 Å². The lowest BCUT2D eigenvalue weighted by Crippen LogP contribution is -2.17. The molecule has 0 unspecified atom stereocenters. The molecule has 0 spiro atoms. The molecule has 0 atom stereocenters. The topological polar surface area (TPSA) is 111 Å². The van der Waals surface area contributed by atoms with Crippen molar-refractivity contribution in [1.29, 1.82) is 0 Å². The van der Waals surface area contributed by atoms with Crippen molar-refractivity contribution in [3.63, 3.8) is 0 Å². The van der Waals surface area contributed by atoms with Crippen LogP contribution in [-0.2, 0) is 27.7 Å². The molecule has 8 heteroatoms. The van der Waals surface area contributed by atoms with Gasteiger partial charge in [-0.15, -0.1) is 0 Å². The van der Waals surface area contributed by atoms with Crippen molar-refractivity contribution < 1.29 is 17.9 Å². The maximum Gasteiger partial charge on any atom is 0.238 e. The summed E-state index contributed by atoms with van der Waals surface area (Å²) in [7, 11) is -2.55. The predicted molar refractivity (Wildman–Crippen MR) is 116 cm³/mol. The molecule has 1 heterocycles. The summed E-state index contributed by atoms with van der Waals surface area (Å²) in [5, 5.41) is 8.19. The summed E-state index contributed by atoms with van der Waals surface area (Å²) in [5.74, 6) is 0.243. The molecule has 3 N–H and O–H groups in total. The summed E-state index contributed by atoms with van der Waals surface area (Å²) in [5.41, 5.74) is 3.28. The van der Waals surface area contributed by atoms with E-state index in [-0.39, 0.29) is 17.2 Å². The van der Waals surface area contributed by atoms with Gasteiger partial charge in [-0.3, -0.25) is 9.78 Å². The van der Waals surface area contributed by atoms with Gasteiger partial charge in [-0.2, -0.15) is 0 Å². The van der Waals surface area contributed by atoms with Crippen molar-refractivity contribution in [2.24, 2.45) is 5.14 Å². The summed E-state index contributed by atoms with van der Waals surface area (Å²) in [4.78, 5) is 16.5. The lowest BCUT2D eigenvalue weighted by molar-refractivity contribution is -0.115. The maximum absolute atomic E-state index is 12.5. The third kappa shape index (κ3) is 5.03. The van der Waals surface area contributed by atoms with E-state index in [4.69, 9.17) is 9.88 Å². The summed E-state index contributed by atoms with van der Waals surface area (Å²) in [6, 6.07) is 14.0. The zero-order valence-electron chi connectivity index (χ0n) is 16.8. The monoisotopic (exact) mass is 425 g/mol.